The van der Waals surface area contributed by atoms with E-state index >= 15 is 0 Å². The van der Waals surface area contributed by atoms with Crippen molar-refractivity contribution < 1.29 is 4.79 Å². The minimum atomic E-state index is 0.213. The Balaban J connectivity index is 1.70. The second-order valence-electron chi connectivity index (χ2n) is 7.59. The molecule has 24 heavy (non-hydrogen) atoms. The number of nitrogens with zero attached hydrogens (tertiary/aromatic N) is 3. The highest BCUT2D eigenvalue weighted by Crippen LogP contribution is 2.21. The van der Waals surface area contributed by atoms with Crippen LogP contribution in [0, 0.1) is 0 Å². The molecular weight excluding hydrogens is 298 g/mol. The summed E-state index contributed by atoms with van der Waals surface area (Å²) < 4.78 is 0. The van der Waals surface area contributed by atoms with Crippen molar-refractivity contribution in [3.05, 3.63) is 35.4 Å². The molecule has 2 aliphatic rings. The van der Waals surface area contributed by atoms with Gasteiger partial charge < -0.3 is 9.80 Å². The van der Waals surface area contributed by atoms with E-state index in [1.54, 1.807) is 0 Å². The average molecular weight is 329 g/mol. The predicted molar refractivity (Wildman–Crippen MR) is 98.2 cm³/mol. The van der Waals surface area contributed by atoms with E-state index in [4.69, 9.17) is 0 Å². The Morgan fingerprint density at radius 2 is 1.88 bits per heavy atom. The first-order valence-corrected chi connectivity index (χ1v) is 9.40. The Labute approximate surface area is 146 Å². The van der Waals surface area contributed by atoms with Crippen LogP contribution in [-0.2, 0) is 6.54 Å². The Kier molecular flexibility index (Phi) is 5.90. The van der Waals surface area contributed by atoms with Crippen LogP contribution in [0.1, 0.15) is 48.0 Å². The molecule has 1 atom stereocenters. The van der Waals surface area contributed by atoms with Crippen LogP contribution >= 0.6 is 0 Å². The van der Waals surface area contributed by atoms with Gasteiger partial charge >= 0.3 is 0 Å². The van der Waals surface area contributed by atoms with E-state index in [0.29, 0.717) is 6.04 Å². The second-order valence-corrected chi connectivity index (χ2v) is 7.59. The third-order valence-corrected chi connectivity index (χ3v) is 5.24. The van der Waals surface area contributed by atoms with E-state index in [2.05, 4.69) is 40.9 Å². The molecule has 4 heteroatoms. The number of rotatable bonds is 5. The first kappa shape index (κ1) is 17.4. The molecular formula is C20H31N3O. The average Bonchev–Trinajstić information content (AvgIpc) is 3.07. The summed E-state index contributed by atoms with van der Waals surface area (Å²) in [4.78, 5) is 19.9. The molecule has 0 aliphatic carbocycles. The van der Waals surface area contributed by atoms with Crippen molar-refractivity contribution in [1.82, 2.24) is 14.7 Å². The van der Waals surface area contributed by atoms with Crippen LogP contribution in [0.4, 0.5) is 0 Å². The minimum Gasteiger partial charge on any atom is -0.334 e. The standard InChI is InChI=1S/C20H31N3O/c1-21(2)16-19-10-3-4-13-23(19)20(24)18-9-7-8-17(14-18)15-22-11-5-6-12-22/h7-9,14,19H,3-6,10-13,15-16H2,1-2H3. The SMILES string of the molecule is CN(C)CC1CCCCN1C(=O)c1cccc(CN2CCCC2)c1. The van der Waals surface area contributed by atoms with Crippen LogP contribution in [0.25, 0.3) is 0 Å². The number of benzene rings is 1. The number of likely N-dealkylation sites (N-methyl/N-ethyl adjacent to an activating group) is 1. The summed E-state index contributed by atoms with van der Waals surface area (Å²) in [5.41, 5.74) is 2.13. The number of hydrogen-bond donors (Lipinski definition) is 0. The fourth-order valence-corrected chi connectivity index (χ4v) is 4.05. The third-order valence-electron chi connectivity index (χ3n) is 5.24. The summed E-state index contributed by atoms with van der Waals surface area (Å²) in [6.07, 6.45) is 6.09. The second kappa shape index (κ2) is 8.13. The molecule has 1 amide bonds. The van der Waals surface area contributed by atoms with Gasteiger partial charge in [0.2, 0.25) is 0 Å². The number of likely N-dealkylation sites (tertiary alicyclic amines) is 2. The zero-order valence-electron chi connectivity index (χ0n) is 15.2. The summed E-state index contributed by atoms with van der Waals surface area (Å²) in [7, 11) is 4.18. The molecule has 1 aromatic carbocycles. The van der Waals surface area contributed by atoms with Gasteiger partial charge in [0.1, 0.15) is 0 Å². The van der Waals surface area contributed by atoms with Crippen LogP contribution in [0.15, 0.2) is 24.3 Å². The van der Waals surface area contributed by atoms with Crippen LogP contribution in [0.2, 0.25) is 0 Å². The highest BCUT2D eigenvalue weighted by Gasteiger charge is 2.28. The van der Waals surface area contributed by atoms with Crippen LogP contribution < -0.4 is 0 Å². The number of hydrogen-bond acceptors (Lipinski definition) is 3. The number of carbonyl (C=O) groups is 1. The van der Waals surface area contributed by atoms with Crippen molar-refractivity contribution in [1.29, 1.82) is 0 Å². The van der Waals surface area contributed by atoms with Gasteiger partial charge in [-0.1, -0.05) is 12.1 Å². The maximum Gasteiger partial charge on any atom is 0.254 e. The van der Waals surface area contributed by atoms with Crippen molar-refractivity contribution >= 4 is 5.91 Å². The molecule has 1 unspecified atom stereocenters. The molecule has 0 N–H and O–H groups in total. The summed E-state index contributed by atoms with van der Waals surface area (Å²) in [5.74, 6) is 0.213. The molecule has 2 heterocycles. The first-order valence-electron chi connectivity index (χ1n) is 9.40. The lowest BCUT2D eigenvalue weighted by Crippen LogP contribution is -2.48. The van der Waals surface area contributed by atoms with Gasteiger partial charge in [-0.2, -0.15) is 0 Å². The van der Waals surface area contributed by atoms with Crippen molar-refractivity contribution in [2.24, 2.45) is 0 Å². The fraction of sp³-hybridized carbons (Fsp3) is 0.650. The van der Waals surface area contributed by atoms with E-state index in [1.807, 2.05) is 12.1 Å². The maximum atomic E-state index is 13.1. The van der Waals surface area contributed by atoms with Gasteiger partial charge in [-0.3, -0.25) is 9.69 Å². The highest BCUT2D eigenvalue weighted by atomic mass is 16.2. The van der Waals surface area contributed by atoms with Gasteiger partial charge in [0.05, 0.1) is 0 Å². The molecule has 2 saturated heterocycles. The Hall–Kier alpha value is -1.39. The molecule has 0 aromatic heterocycles. The number of piperidine rings is 1. The molecule has 0 radical (unpaired) electrons. The van der Waals surface area contributed by atoms with E-state index in [0.717, 1.165) is 38.0 Å². The zero-order chi connectivity index (χ0) is 16.9. The van der Waals surface area contributed by atoms with Gasteiger partial charge in [0, 0.05) is 31.2 Å². The van der Waals surface area contributed by atoms with Gasteiger partial charge in [0.25, 0.3) is 5.91 Å². The molecule has 0 bridgehead atoms. The Morgan fingerprint density at radius 3 is 2.62 bits per heavy atom. The molecule has 4 nitrogen and oxygen atoms in total. The fourth-order valence-electron chi connectivity index (χ4n) is 4.05. The first-order chi connectivity index (χ1) is 11.6. The molecule has 2 fully saturated rings. The largest absolute Gasteiger partial charge is 0.334 e. The maximum absolute atomic E-state index is 13.1. The van der Waals surface area contributed by atoms with Crippen LogP contribution in [-0.4, -0.2) is 66.9 Å². The van der Waals surface area contributed by atoms with E-state index < -0.39 is 0 Å². The predicted octanol–water partition coefficient (Wildman–Crippen LogP) is 2.84. The normalized spacial score (nSPS) is 22.3. The molecule has 0 spiro atoms. The summed E-state index contributed by atoms with van der Waals surface area (Å²) >= 11 is 0. The number of amides is 1. The third kappa shape index (κ3) is 4.37. The Morgan fingerprint density at radius 1 is 1.12 bits per heavy atom. The van der Waals surface area contributed by atoms with Gasteiger partial charge in [0.15, 0.2) is 0 Å². The van der Waals surface area contributed by atoms with E-state index in [9.17, 15) is 4.79 Å². The smallest absolute Gasteiger partial charge is 0.254 e. The summed E-state index contributed by atoms with van der Waals surface area (Å²) in [6.45, 7) is 5.21. The van der Waals surface area contributed by atoms with Crippen molar-refractivity contribution in [3.8, 4) is 0 Å². The monoisotopic (exact) mass is 329 g/mol. The lowest BCUT2D eigenvalue weighted by Gasteiger charge is -2.37. The van der Waals surface area contributed by atoms with Crippen LogP contribution in [0.3, 0.4) is 0 Å². The van der Waals surface area contributed by atoms with Crippen molar-refractivity contribution in [3.63, 3.8) is 0 Å². The molecule has 3 rings (SSSR count). The molecule has 1 aromatic rings. The summed E-state index contributed by atoms with van der Waals surface area (Å²) in [5, 5.41) is 0. The Bertz CT molecular complexity index is 552. The molecule has 0 saturated carbocycles. The quantitative estimate of drug-likeness (QED) is 0.831. The van der Waals surface area contributed by atoms with Gasteiger partial charge in [-0.05, 0) is 77.0 Å². The van der Waals surface area contributed by atoms with Crippen molar-refractivity contribution in [2.75, 3.05) is 40.3 Å². The van der Waals surface area contributed by atoms with E-state index in [-0.39, 0.29) is 5.91 Å². The number of carbonyl (C=O) groups excluding carboxylic acids is 1. The van der Waals surface area contributed by atoms with Gasteiger partial charge in [-0.15, -0.1) is 0 Å². The molecule has 2 aliphatic heterocycles. The summed E-state index contributed by atoms with van der Waals surface area (Å²) in [6, 6.07) is 8.65. The topological polar surface area (TPSA) is 26.8 Å². The molecule has 132 valence electrons. The van der Waals surface area contributed by atoms with Crippen LogP contribution in [0.5, 0.6) is 0 Å². The lowest BCUT2D eigenvalue weighted by molar-refractivity contribution is 0.0574. The zero-order valence-corrected chi connectivity index (χ0v) is 15.2. The highest BCUT2D eigenvalue weighted by molar-refractivity contribution is 5.94. The van der Waals surface area contributed by atoms with Gasteiger partial charge in [-0.25, -0.2) is 0 Å². The van der Waals surface area contributed by atoms with E-state index in [1.165, 1.54) is 37.9 Å². The minimum absolute atomic E-state index is 0.213. The lowest BCUT2D eigenvalue weighted by atomic mass is 10.00. The van der Waals surface area contributed by atoms with Crippen molar-refractivity contribution in [2.45, 2.75) is 44.7 Å².